The van der Waals surface area contributed by atoms with Gasteiger partial charge in [-0.15, -0.1) is 0 Å². The molecule has 0 spiro atoms. The number of hydrogen-bond acceptors (Lipinski definition) is 5. The van der Waals surface area contributed by atoms with Crippen LogP contribution in [0.4, 0.5) is 0 Å². The van der Waals surface area contributed by atoms with E-state index in [2.05, 4.69) is 13.5 Å². The molecule has 5 nitrogen and oxygen atoms in total. The third-order valence-electron chi connectivity index (χ3n) is 7.59. The van der Waals surface area contributed by atoms with Crippen molar-refractivity contribution >= 4 is 5.97 Å². The van der Waals surface area contributed by atoms with E-state index in [9.17, 15) is 15.0 Å². The van der Waals surface area contributed by atoms with E-state index in [0.717, 1.165) is 24.8 Å². The van der Waals surface area contributed by atoms with Crippen molar-refractivity contribution in [3.63, 3.8) is 0 Å². The van der Waals surface area contributed by atoms with Crippen LogP contribution in [0.3, 0.4) is 0 Å². The van der Waals surface area contributed by atoms with Gasteiger partial charge in [-0.25, -0.2) is 0 Å². The highest BCUT2D eigenvalue weighted by Crippen LogP contribution is 2.56. The summed E-state index contributed by atoms with van der Waals surface area (Å²) in [6.07, 6.45) is 4.79. The number of ether oxygens (including phenoxy) is 1. The topological polar surface area (TPSA) is 70.0 Å². The zero-order chi connectivity index (χ0) is 20.8. The summed E-state index contributed by atoms with van der Waals surface area (Å²) in [5.74, 6) is 0.684. The van der Waals surface area contributed by atoms with E-state index in [-0.39, 0.29) is 35.1 Å². The van der Waals surface area contributed by atoms with Gasteiger partial charge < -0.3 is 19.8 Å². The molecule has 3 fully saturated rings. The number of hydrogen-bond donors (Lipinski definition) is 2. The minimum Gasteiger partial charge on any atom is -0.508 e. The van der Waals surface area contributed by atoms with E-state index < -0.39 is 6.10 Å². The zero-order valence-electron chi connectivity index (χ0n) is 17.5. The van der Waals surface area contributed by atoms with Gasteiger partial charge in [0.15, 0.2) is 0 Å². The van der Waals surface area contributed by atoms with Crippen molar-refractivity contribution in [2.45, 2.75) is 51.2 Å². The fourth-order valence-electron chi connectivity index (χ4n) is 5.97. The normalized spacial score (nSPS) is 35.2. The smallest absolute Gasteiger partial charge is 0.310 e. The van der Waals surface area contributed by atoms with E-state index in [1.165, 1.54) is 18.4 Å². The predicted molar refractivity (Wildman–Crippen MR) is 111 cm³/mol. The molecule has 2 N–H and O–H groups in total. The summed E-state index contributed by atoms with van der Waals surface area (Å²) in [6, 6.07) is 6.61. The molecule has 6 atom stereocenters. The highest BCUT2D eigenvalue weighted by molar-refractivity contribution is 5.75. The molecule has 0 unspecified atom stereocenters. The first-order chi connectivity index (χ1) is 13.8. The second kappa shape index (κ2) is 7.77. The largest absolute Gasteiger partial charge is 0.508 e. The Bertz CT molecular complexity index is 776. The first-order valence-corrected chi connectivity index (χ1v) is 10.8. The molecule has 1 aromatic rings. The number of esters is 1. The molecule has 4 rings (SSSR count). The number of aliphatic hydroxyl groups excluding tert-OH is 1. The van der Waals surface area contributed by atoms with Crippen molar-refractivity contribution in [2.24, 2.45) is 23.2 Å². The third-order valence-corrected chi connectivity index (χ3v) is 7.59. The van der Waals surface area contributed by atoms with Gasteiger partial charge in [-0.2, -0.15) is 0 Å². The number of aliphatic hydroxyl groups is 1. The average Bonchev–Trinajstić information content (AvgIpc) is 2.94. The van der Waals surface area contributed by atoms with Crippen LogP contribution >= 0.6 is 0 Å². The molecule has 3 aliphatic rings. The maximum absolute atomic E-state index is 12.7. The third kappa shape index (κ3) is 3.95. The Morgan fingerprint density at radius 1 is 1.34 bits per heavy atom. The van der Waals surface area contributed by atoms with Crippen LogP contribution in [0.2, 0.25) is 0 Å². The van der Waals surface area contributed by atoms with Crippen molar-refractivity contribution in [3.05, 3.63) is 42.0 Å². The quantitative estimate of drug-likeness (QED) is 0.584. The summed E-state index contributed by atoms with van der Waals surface area (Å²) >= 11 is 0. The van der Waals surface area contributed by atoms with E-state index in [0.29, 0.717) is 19.0 Å². The van der Waals surface area contributed by atoms with Crippen molar-refractivity contribution in [3.8, 4) is 5.75 Å². The highest BCUT2D eigenvalue weighted by Gasteiger charge is 2.55. The Balaban J connectivity index is 1.41. The predicted octanol–water partition coefficient (Wildman–Crippen LogP) is 3.67. The number of rotatable bonds is 5. The SMILES string of the molecule is C=C1CCC[C@]2(C)C[C@H]3OC(=O)[C@H](CN(C)C[C@@H](O)c4ccc(O)cc4)[C@H]3C[C@@H]12. The molecule has 0 amide bonds. The summed E-state index contributed by atoms with van der Waals surface area (Å²) in [6.45, 7) is 7.72. The molecule has 2 saturated carbocycles. The van der Waals surface area contributed by atoms with Crippen LogP contribution in [0.5, 0.6) is 5.75 Å². The summed E-state index contributed by atoms with van der Waals surface area (Å²) < 4.78 is 5.85. The van der Waals surface area contributed by atoms with Gasteiger partial charge in [0.25, 0.3) is 0 Å². The molecule has 1 saturated heterocycles. The Morgan fingerprint density at radius 3 is 2.79 bits per heavy atom. The maximum atomic E-state index is 12.7. The van der Waals surface area contributed by atoms with Gasteiger partial charge in [0.05, 0.1) is 12.0 Å². The van der Waals surface area contributed by atoms with Gasteiger partial charge in [0.1, 0.15) is 11.9 Å². The van der Waals surface area contributed by atoms with Gasteiger partial charge >= 0.3 is 5.97 Å². The van der Waals surface area contributed by atoms with Crippen molar-refractivity contribution < 1.29 is 19.7 Å². The standard InChI is InChI=1S/C24H33NO4/c1-15-5-4-10-24(2)12-22-18(11-20(15)24)19(23(28)29-22)13-25(3)14-21(27)16-6-8-17(26)9-7-16/h6-9,18-22,26-27H,1,4-5,10-14H2,2-3H3/t18-,19-,20+,21-,22-,24-/m1/s1. The minimum atomic E-state index is -0.665. The van der Waals surface area contributed by atoms with Gasteiger partial charge in [0.2, 0.25) is 0 Å². The molecular formula is C24H33NO4. The highest BCUT2D eigenvalue weighted by atomic mass is 16.6. The van der Waals surface area contributed by atoms with Gasteiger partial charge in [-0.05, 0) is 68.2 Å². The second-order valence-electron chi connectivity index (χ2n) is 9.73. The number of nitrogens with zero attached hydrogens (tertiary/aromatic N) is 1. The summed E-state index contributed by atoms with van der Waals surface area (Å²) in [5.41, 5.74) is 2.33. The van der Waals surface area contributed by atoms with E-state index in [1.807, 2.05) is 11.9 Å². The average molecular weight is 400 g/mol. The van der Waals surface area contributed by atoms with E-state index in [4.69, 9.17) is 4.74 Å². The Kier molecular flexibility index (Phi) is 5.47. The Labute approximate surface area is 173 Å². The summed E-state index contributed by atoms with van der Waals surface area (Å²) in [4.78, 5) is 14.7. The maximum Gasteiger partial charge on any atom is 0.310 e. The van der Waals surface area contributed by atoms with Crippen LogP contribution in [0, 0.1) is 23.2 Å². The summed E-state index contributed by atoms with van der Waals surface area (Å²) in [7, 11) is 1.94. The molecule has 5 heteroatoms. The van der Waals surface area contributed by atoms with Crippen molar-refractivity contribution in [1.82, 2.24) is 4.90 Å². The number of carbonyl (C=O) groups is 1. The molecule has 0 aromatic heterocycles. The van der Waals surface area contributed by atoms with Gasteiger partial charge in [-0.1, -0.05) is 31.2 Å². The second-order valence-corrected chi connectivity index (χ2v) is 9.73. The van der Waals surface area contributed by atoms with Crippen LogP contribution in [0.1, 0.15) is 50.7 Å². The fourth-order valence-corrected chi connectivity index (χ4v) is 5.97. The molecule has 1 aliphatic heterocycles. The lowest BCUT2D eigenvalue weighted by molar-refractivity contribution is -0.146. The minimum absolute atomic E-state index is 0.0232. The molecule has 1 aromatic carbocycles. The lowest BCUT2D eigenvalue weighted by Gasteiger charge is -2.50. The van der Waals surface area contributed by atoms with Crippen LogP contribution in [-0.2, 0) is 9.53 Å². The number of phenolic OH excluding ortho intramolecular Hbond substituents is 1. The lowest BCUT2D eigenvalue weighted by Crippen LogP contribution is -2.45. The van der Waals surface area contributed by atoms with Crippen LogP contribution < -0.4 is 0 Å². The number of allylic oxidation sites excluding steroid dienone is 1. The molecule has 1 heterocycles. The van der Waals surface area contributed by atoms with Crippen LogP contribution in [0.25, 0.3) is 0 Å². The van der Waals surface area contributed by atoms with Crippen molar-refractivity contribution in [1.29, 1.82) is 0 Å². The van der Waals surface area contributed by atoms with Crippen molar-refractivity contribution in [2.75, 3.05) is 20.1 Å². The molecule has 29 heavy (non-hydrogen) atoms. The number of carbonyl (C=O) groups excluding carboxylic acids is 1. The molecule has 0 radical (unpaired) electrons. The monoisotopic (exact) mass is 399 g/mol. The number of aromatic hydroxyl groups is 1. The zero-order valence-corrected chi connectivity index (χ0v) is 17.5. The number of benzene rings is 1. The van der Waals surface area contributed by atoms with Gasteiger partial charge in [-0.3, -0.25) is 4.79 Å². The lowest BCUT2D eigenvalue weighted by atomic mass is 9.55. The number of fused-ring (bicyclic) bond motifs is 2. The molecular weight excluding hydrogens is 366 g/mol. The molecule has 0 bridgehead atoms. The Hall–Kier alpha value is -1.85. The molecule has 2 aliphatic carbocycles. The number of phenols is 1. The van der Waals surface area contributed by atoms with E-state index in [1.54, 1.807) is 24.3 Å². The summed E-state index contributed by atoms with van der Waals surface area (Å²) in [5, 5.41) is 19.9. The first-order valence-electron chi connectivity index (χ1n) is 10.8. The van der Waals surface area contributed by atoms with E-state index >= 15 is 0 Å². The Morgan fingerprint density at radius 2 is 2.07 bits per heavy atom. The van der Waals surface area contributed by atoms with Crippen LogP contribution in [-0.4, -0.2) is 47.3 Å². The van der Waals surface area contributed by atoms with Crippen LogP contribution in [0.15, 0.2) is 36.4 Å². The molecule has 158 valence electrons. The number of likely N-dealkylation sites (N-methyl/N-ethyl adjacent to an activating group) is 1. The van der Waals surface area contributed by atoms with Gasteiger partial charge in [0, 0.05) is 19.0 Å². The first kappa shape index (κ1) is 20.4. The fraction of sp³-hybridized carbons (Fsp3) is 0.625.